The lowest BCUT2D eigenvalue weighted by atomic mass is 9.89. The highest BCUT2D eigenvalue weighted by Crippen LogP contribution is 2.35. The molecule has 0 amide bonds. The van der Waals surface area contributed by atoms with E-state index in [1.807, 2.05) is 0 Å². The summed E-state index contributed by atoms with van der Waals surface area (Å²) >= 11 is 6.09. The predicted molar refractivity (Wildman–Crippen MR) is 71.5 cm³/mol. The second-order valence-electron chi connectivity index (χ2n) is 5.05. The standard InChI is InChI=1S/C14H17ClF3N/c15-11-5-3-4-10(8-11)9-19-13-7-2-1-6-12(13)14(16,17)18/h1-2,6-7,10-11,19H,3-5,8-9H2. The van der Waals surface area contributed by atoms with Gasteiger partial charge in [-0.1, -0.05) is 18.6 Å². The van der Waals surface area contributed by atoms with Gasteiger partial charge >= 0.3 is 6.18 Å². The summed E-state index contributed by atoms with van der Waals surface area (Å²) in [7, 11) is 0. The van der Waals surface area contributed by atoms with Crippen LogP contribution in [-0.4, -0.2) is 11.9 Å². The molecule has 1 nitrogen and oxygen atoms in total. The first kappa shape index (κ1) is 14.5. The Morgan fingerprint density at radius 2 is 1.95 bits per heavy atom. The average molecular weight is 292 g/mol. The van der Waals surface area contributed by atoms with E-state index < -0.39 is 11.7 Å². The molecule has 1 N–H and O–H groups in total. The molecule has 0 heterocycles. The molecule has 1 aliphatic rings. The Bertz CT molecular complexity index is 419. The smallest absolute Gasteiger partial charge is 0.384 e. The van der Waals surface area contributed by atoms with Crippen molar-refractivity contribution in [2.75, 3.05) is 11.9 Å². The van der Waals surface area contributed by atoms with Crippen LogP contribution in [0.3, 0.4) is 0 Å². The lowest BCUT2D eigenvalue weighted by molar-refractivity contribution is -0.137. The summed E-state index contributed by atoms with van der Waals surface area (Å²) in [5.74, 6) is 0.359. The number of halogens is 4. The van der Waals surface area contributed by atoms with Gasteiger partial charge in [-0.2, -0.15) is 13.2 Å². The second-order valence-corrected chi connectivity index (χ2v) is 5.67. The number of hydrogen-bond acceptors (Lipinski definition) is 1. The molecule has 0 radical (unpaired) electrons. The molecule has 0 saturated heterocycles. The van der Waals surface area contributed by atoms with Gasteiger partial charge in [-0.15, -0.1) is 11.6 Å². The maximum absolute atomic E-state index is 12.8. The van der Waals surface area contributed by atoms with Gasteiger partial charge in [0.1, 0.15) is 0 Å². The van der Waals surface area contributed by atoms with Crippen molar-refractivity contribution in [3.8, 4) is 0 Å². The van der Waals surface area contributed by atoms with Crippen molar-refractivity contribution >= 4 is 17.3 Å². The van der Waals surface area contributed by atoms with Crippen molar-refractivity contribution in [2.24, 2.45) is 5.92 Å². The first-order chi connectivity index (χ1) is 8.97. The van der Waals surface area contributed by atoms with Gasteiger partial charge in [-0.3, -0.25) is 0 Å². The van der Waals surface area contributed by atoms with Crippen LogP contribution in [0.1, 0.15) is 31.2 Å². The molecular weight excluding hydrogens is 275 g/mol. The number of anilines is 1. The molecule has 1 fully saturated rings. The summed E-state index contributed by atoms with van der Waals surface area (Å²) < 4.78 is 38.4. The second kappa shape index (κ2) is 6.04. The summed E-state index contributed by atoms with van der Waals surface area (Å²) in [5.41, 5.74) is -0.445. The monoisotopic (exact) mass is 291 g/mol. The number of nitrogens with one attached hydrogen (secondary N) is 1. The normalized spacial score (nSPS) is 24.2. The quantitative estimate of drug-likeness (QED) is 0.780. The number of alkyl halides is 4. The summed E-state index contributed by atoms with van der Waals surface area (Å²) in [6.45, 7) is 0.552. The lowest BCUT2D eigenvalue weighted by Gasteiger charge is -2.26. The molecule has 5 heteroatoms. The van der Waals surface area contributed by atoms with Crippen LogP contribution in [-0.2, 0) is 6.18 Å². The topological polar surface area (TPSA) is 12.0 Å². The van der Waals surface area contributed by atoms with Crippen LogP contribution < -0.4 is 5.32 Å². The van der Waals surface area contributed by atoms with E-state index in [-0.39, 0.29) is 11.1 Å². The molecule has 1 aromatic carbocycles. The third-order valence-corrected chi connectivity index (χ3v) is 3.93. The highest BCUT2D eigenvalue weighted by molar-refractivity contribution is 6.20. The zero-order valence-corrected chi connectivity index (χ0v) is 11.3. The molecule has 1 aliphatic carbocycles. The third-order valence-electron chi connectivity index (χ3n) is 3.53. The molecule has 1 saturated carbocycles. The van der Waals surface area contributed by atoms with Crippen molar-refractivity contribution in [2.45, 2.75) is 37.2 Å². The van der Waals surface area contributed by atoms with E-state index in [0.717, 1.165) is 31.7 Å². The van der Waals surface area contributed by atoms with Gasteiger partial charge in [0.15, 0.2) is 0 Å². The van der Waals surface area contributed by atoms with Crippen LogP contribution >= 0.6 is 11.6 Å². The Balaban J connectivity index is 1.99. The molecule has 2 unspecified atom stereocenters. The molecule has 106 valence electrons. The van der Waals surface area contributed by atoms with Crippen LogP contribution in [0.25, 0.3) is 0 Å². The SMILES string of the molecule is FC(F)(F)c1ccccc1NCC1CCCC(Cl)C1. The third kappa shape index (κ3) is 4.03. The fourth-order valence-corrected chi connectivity index (χ4v) is 2.96. The van der Waals surface area contributed by atoms with Gasteiger partial charge in [-0.05, 0) is 37.3 Å². The maximum Gasteiger partial charge on any atom is 0.418 e. The lowest BCUT2D eigenvalue weighted by Crippen LogP contribution is -2.23. The Morgan fingerprint density at radius 1 is 1.21 bits per heavy atom. The fourth-order valence-electron chi connectivity index (χ4n) is 2.55. The predicted octanol–water partition coefficient (Wildman–Crippen LogP) is 4.91. The summed E-state index contributed by atoms with van der Waals surface area (Å²) in [5, 5.41) is 3.10. The summed E-state index contributed by atoms with van der Waals surface area (Å²) in [4.78, 5) is 0. The Kier molecular flexibility index (Phi) is 4.61. The van der Waals surface area contributed by atoms with Gasteiger partial charge in [-0.25, -0.2) is 0 Å². The largest absolute Gasteiger partial charge is 0.418 e. The van der Waals surface area contributed by atoms with Gasteiger partial charge in [0, 0.05) is 17.6 Å². The zero-order valence-electron chi connectivity index (χ0n) is 10.5. The van der Waals surface area contributed by atoms with Gasteiger partial charge in [0.25, 0.3) is 0 Å². The summed E-state index contributed by atoms with van der Waals surface area (Å²) in [6.07, 6.45) is -0.336. The van der Waals surface area contributed by atoms with Gasteiger partial charge < -0.3 is 5.32 Å². The number of hydrogen-bond donors (Lipinski definition) is 1. The Hall–Kier alpha value is -0.900. The number of benzene rings is 1. The van der Waals surface area contributed by atoms with Crippen LogP contribution in [0.2, 0.25) is 0 Å². The minimum atomic E-state index is -4.31. The van der Waals surface area contributed by atoms with Gasteiger partial charge in [0.05, 0.1) is 5.56 Å². The van der Waals surface area contributed by atoms with Crippen molar-refractivity contribution in [3.63, 3.8) is 0 Å². The Morgan fingerprint density at radius 3 is 2.63 bits per heavy atom. The van der Waals surface area contributed by atoms with Crippen LogP contribution in [0, 0.1) is 5.92 Å². The molecule has 0 aliphatic heterocycles. The highest BCUT2D eigenvalue weighted by atomic mass is 35.5. The van der Waals surface area contributed by atoms with E-state index in [4.69, 9.17) is 11.6 Å². The molecule has 19 heavy (non-hydrogen) atoms. The summed E-state index contributed by atoms with van der Waals surface area (Å²) in [6, 6.07) is 5.60. The Labute approximate surface area is 116 Å². The molecule has 2 rings (SSSR count). The van der Waals surface area contributed by atoms with E-state index in [2.05, 4.69) is 5.32 Å². The van der Waals surface area contributed by atoms with Crippen molar-refractivity contribution in [3.05, 3.63) is 29.8 Å². The van der Waals surface area contributed by atoms with E-state index in [9.17, 15) is 13.2 Å². The molecule has 0 spiro atoms. The number of para-hydroxylation sites is 1. The first-order valence-electron chi connectivity index (χ1n) is 6.51. The van der Waals surface area contributed by atoms with E-state index in [0.29, 0.717) is 12.5 Å². The fraction of sp³-hybridized carbons (Fsp3) is 0.571. The minimum Gasteiger partial charge on any atom is -0.384 e. The van der Waals surface area contributed by atoms with Crippen molar-refractivity contribution in [1.82, 2.24) is 0 Å². The van der Waals surface area contributed by atoms with Gasteiger partial charge in [0.2, 0.25) is 0 Å². The van der Waals surface area contributed by atoms with Crippen LogP contribution in [0.15, 0.2) is 24.3 Å². The van der Waals surface area contributed by atoms with E-state index >= 15 is 0 Å². The molecule has 0 bridgehead atoms. The molecule has 2 atom stereocenters. The van der Waals surface area contributed by atoms with Crippen LogP contribution in [0.5, 0.6) is 0 Å². The highest BCUT2D eigenvalue weighted by Gasteiger charge is 2.33. The molecule has 0 aromatic heterocycles. The van der Waals surface area contributed by atoms with E-state index in [1.54, 1.807) is 6.07 Å². The van der Waals surface area contributed by atoms with Crippen LogP contribution in [0.4, 0.5) is 18.9 Å². The van der Waals surface area contributed by atoms with Crippen molar-refractivity contribution < 1.29 is 13.2 Å². The maximum atomic E-state index is 12.8. The molecular formula is C14H17ClF3N. The zero-order chi connectivity index (χ0) is 13.9. The number of rotatable bonds is 3. The average Bonchev–Trinajstić information content (AvgIpc) is 2.36. The minimum absolute atomic E-state index is 0.159. The molecule has 1 aromatic rings. The van der Waals surface area contributed by atoms with E-state index in [1.165, 1.54) is 12.1 Å². The first-order valence-corrected chi connectivity index (χ1v) is 6.94. The van der Waals surface area contributed by atoms with Crippen molar-refractivity contribution in [1.29, 1.82) is 0 Å².